The van der Waals surface area contributed by atoms with Gasteiger partial charge in [0.15, 0.2) is 5.17 Å². The summed E-state index contributed by atoms with van der Waals surface area (Å²) in [5, 5.41) is 11.7. The Morgan fingerprint density at radius 2 is 2.03 bits per heavy atom. The van der Waals surface area contributed by atoms with E-state index in [0.717, 1.165) is 20.9 Å². The van der Waals surface area contributed by atoms with Crippen LogP contribution >= 0.6 is 23.1 Å². The number of aromatic carboxylic acids is 1. The Bertz CT molecular complexity index is 1050. The first-order chi connectivity index (χ1) is 14.4. The van der Waals surface area contributed by atoms with E-state index in [1.807, 2.05) is 30.5 Å². The maximum absolute atomic E-state index is 11.3. The molecule has 0 bridgehead atoms. The Balaban J connectivity index is 2.27. The zero-order valence-corrected chi connectivity index (χ0v) is 18.4. The molecular formula is C23H22N2O3S2. The Labute approximate surface area is 184 Å². The number of allylic oxidation sites excluding steroid dienone is 4. The number of carboxylic acids is 1. The molecule has 2 rings (SSSR count). The summed E-state index contributed by atoms with van der Waals surface area (Å²) in [6.45, 7) is 9.32. The molecule has 2 aromatic rings. The molecule has 154 valence electrons. The summed E-state index contributed by atoms with van der Waals surface area (Å²) in [5.41, 5.74) is 2.66. The second kappa shape index (κ2) is 11.1. The fourth-order valence-electron chi connectivity index (χ4n) is 2.39. The third-order valence-corrected chi connectivity index (χ3v) is 5.72. The van der Waals surface area contributed by atoms with Gasteiger partial charge in [-0.15, -0.1) is 11.3 Å². The molecule has 0 spiro atoms. The van der Waals surface area contributed by atoms with E-state index in [-0.39, 0.29) is 5.56 Å². The van der Waals surface area contributed by atoms with Gasteiger partial charge in [-0.25, -0.2) is 9.79 Å². The number of carboxylic acid groups (broad SMARTS) is 1. The van der Waals surface area contributed by atoms with Gasteiger partial charge in [0.05, 0.1) is 11.3 Å². The predicted molar refractivity (Wildman–Crippen MR) is 128 cm³/mol. The molecule has 0 aliphatic carbocycles. The quantitative estimate of drug-likeness (QED) is 0.241. The van der Waals surface area contributed by atoms with Crippen LogP contribution in [0, 0.1) is 0 Å². The molecule has 30 heavy (non-hydrogen) atoms. The van der Waals surface area contributed by atoms with Crippen molar-refractivity contribution in [3.8, 4) is 11.1 Å². The first-order valence-corrected chi connectivity index (χ1v) is 10.6. The highest BCUT2D eigenvalue weighted by Gasteiger charge is 2.10. The zero-order valence-electron chi connectivity index (χ0n) is 16.7. The Morgan fingerprint density at radius 3 is 2.67 bits per heavy atom. The highest BCUT2D eigenvalue weighted by atomic mass is 32.2. The molecule has 1 aromatic carbocycles. The minimum atomic E-state index is -0.949. The van der Waals surface area contributed by atoms with Crippen LogP contribution in [-0.4, -0.2) is 34.6 Å². The second-order valence-corrected chi connectivity index (χ2v) is 8.28. The van der Waals surface area contributed by atoms with E-state index in [2.05, 4.69) is 18.2 Å². The number of hydrogen-bond acceptors (Lipinski definition) is 5. The smallest absolute Gasteiger partial charge is 0.335 e. The van der Waals surface area contributed by atoms with Crippen molar-refractivity contribution in [2.45, 2.75) is 6.92 Å². The van der Waals surface area contributed by atoms with E-state index < -0.39 is 5.97 Å². The normalized spacial score (nSPS) is 12.4. The molecular weight excluding hydrogens is 416 g/mol. The molecule has 0 atom stereocenters. The molecule has 0 unspecified atom stereocenters. The average molecular weight is 439 g/mol. The standard InChI is InChI=1S/C23H22N2O3S2/c1-5-8-20(6-2)24-23(25(4)15-26)30-16(3)11-21-13-19(14-29-21)17-9-7-10-18(12-17)22(27)28/h5-15H,1-2H2,3-4H3,(H,27,28)/b16-11-,20-8+,24-23?. The highest BCUT2D eigenvalue weighted by Crippen LogP contribution is 2.30. The van der Waals surface area contributed by atoms with Gasteiger partial charge in [0.1, 0.15) is 0 Å². The Kier molecular flexibility index (Phi) is 8.58. The number of thioether (sulfide) groups is 1. The molecule has 1 N–H and O–H groups in total. The molecule has 1 amide bonds. The molecule has 7 heteroatoms. The van der Waals surface area contributed by atoms with E-state index in [0.29, 0.717) is 17.3 Å². The van der Waals surface area contributed by atoms with Gasteiger partial charge >= 0.3 is 5.97 Å². The molecule has 0 fully saturated rings. The van der Waals surface area contributed by atoms with Crippen LogP contribution in [0.5, 0.6) is 0 Å². The number of rotatable bonds is 8. The minimum absolute atomic E-state index is 0.255. The largest absolute Gasteiger partial charge is 0.478 e. The monoisotopic (exact) mass is 438 g/mol. The van der Waals surface area contributed by atoms with Crippen LogP contribution in [0.25, 0.3) is 17.2 Å². The van der Waals surface area contributed by atoms with Crippen LogP contribution in [0.4, 0.5) is 0 Å². The topological polar surface area (TPSA) is 70.0 Å². The van der Waals surface area contributed by atoms with Crippen LogP contribution in [-0.2, 0) is 4.79 Å². The van der Waals surface area contributed by atoms with Crippen LogP contribution in [0.2, 0.25) is 0 Å². The molecule has 1 aromatic heterocycles. The van der Waals surface area contributed by atoms with E-state index in [1.54, 1.807) is 54.8 Å². The molecule has 5 nitrogen and oxygen atoms in total. The third kappa shape index (κ3) is 6.43. The molecule has 0 radical (unpaired) electrons. The van der Waals surface area contributed by atoms with Crippen molar-refractivity contribution in [2.24, 2.45) is 4.99 Å². The van der Waals surface area contributed by atoms with Crippen molar-refractivity contribution in [1.82, 2.24) is 4.90 Å². The summed E-state index contributed by atoms with van der Waals surface area (Å²) in [4.78, 5) is 30.3. The van der Waals surface area contributed by atoms with Gasteiger partial charge in [0.2, 0.25) is 6.41 Å². The van der Waals surface area contributed by atoms with Gasteiger partial charge in [-0.1, -0.05) is 43.1 Å². The summed E-state index contributed by atoms with van der Waals surface area (Å²) in [6, 6.07) is 8.85. The van der Waals surface area contributed by atoms with E-state index in [4.69, 9.17) is 0 Å². The average Bonchev–Trinajstić information content (AvgIpc) is 3.20. The Morgan fingerprint density at radius 1 is 1.27 bits per heavy atom. The number of benzene rings is 1. The molecule has 0 aliphatic heterocycles. The van der Waals surface area contributed by atoms with Crippen molar-refractivity contribution in [3.63, 3.8) is 0 Å². The lowest BCUT2D eigenvalue weighted by molar-refractivity contribution is -0.113. The number of hydrogen-bond donors (Lipinski definition) is 1. The molecule has 0 aliphatic rings. The number of nitrogens with zero attached hydrogens (tertiary/aromatic N) is 2. The van der Waals surface area contributed by atoms with Gasteiger partial charge in [-0.05, 0) is 64.8 Å². The van der Waals surface area contributed by atoms with Gasteiger partial charge in [0, 0.05) is 11.9 Å². The van der Waals surface area contributed by atoms with Gasteiger partial charge in [-0.3, -0.25) is 9.69 Å². The number of carbonyl (C=O) groups is 2. The minimum Gasteiger partial charge on any atom is -0.478 e. The van der Waals surface area contributed by atoms with Crippen molar-refractivity contribution < 1.29 is 14.7 Å². The lowest BCUT2D eigenvalue weighted by Crippen LogP contribution is -2.22. The van der Waals surface area contributed by atoms with Crippen LogP contribution in [0.3, 0.4) is 0 Å². The molecule has 0 saturated heterocycles. The van der Waals surface area contributed by atoms with E-state index in [9.17, 15) is 14.7 Å². The van der Waals surface area contributed by atoms with Crippen molar-refractivity contribution in [2.75, 3.05) is 7.05 Å². The fraction of sp³-hybridized carbons (Fsp3) is 0.0870. The molecule has 0 saturated carbocycles. The number of aliphatic imine (C=N–C) groups is 1. The van der Waals surface area contributed by atoms with Crippen LogP contribution in [0.15, 0.2) is 82.7 Å². The summed E-state index contributed by atoms with van der Waals surface area (Å²) < 4.78 is 0. The van der Waals surface area contributed by atoms with E-state index >= 15 is 0 Å². The van der Waals surface area contributed by atoms with Crippen molar-refractivity contribution in [1.29, 1.82) is 0 Å². The summed E-state index contributed by atoms with van der Waals surface area (Å²) in [6.07, 6.45) is 7.61. The van der Waals surface area contributed by atoms with Crippen LogP contribution in [0.1, 0.15) is 22.2 Å². The number of thiophene rings is 1. The highest BCUT2D eigenvalue weighted by molar-refractivity contribution is 8.17. The van der Waals surface area contributed by atoms with Gasteiger partial charge < -0.3 is 5.11 Å². The second-order valence-electron chi connectivity index (χ2n) is 6.12. The van der Waals surface area contributed by atoms with Gasteiger partial charge in [0.25, 0.3) is 0 Å². The predicted octanol–water partition coefficient (Wildman–Crippen LogP) is 5.91. The van der Waals surface area contributed by atoms with Crippen molar-refractivity contribution >= 4 is 46.7 Å². The summed E-state index contributed by atoms with van der Waals surface area (Å²) in [7, 11) is 1.64. The van der Waals surface area contributed by atoms with Gasteiger partial charge in [-0.2, -0.15) is 0 Å². The first-order valence-electron chi connectivity index (χ1n) is 8.88. The maximum atomic E-state index is 11.3. The molecule has 1 heterocycles. The Hall–Kier alpha value is -3.16. The third-order valence-electron chi connectivity index (χ3n) is 3.84. The van der Waals surface area contributed by atoms with Crippen LogP contribution < -0.4 is 0 Å². The summed E-state index contributed by atoms with van der Waals surface area (Å²) in [5.74, 6) is -0.949. The van der Waals surface area contributed by atoms with Crippen molar-refractivity contribution in [3.05, 3.63) is 88.1 Å². The lowest BCUT2D eigenvalue weighted by Gasteiger charge is -2.14. The number of amidine groups is 1. The maximum Gasteiger partial charge on any atom is 0.335 e. The SMILES string of the molecule is C=C/C=C(\C=C)N=C(S/C(C)=C\c1cc(-c2cccc(C(=O)O)c2)cs1)N(C)C=O. The zero-order chi connectivity index (χ0) is 22.1. The van der Waals surface area contributed by atoms with E-state index in [1.165, 1.54) is 16.7 Å². The summed E-state index contributed by atoms with van der Waals surface area (Å²) >= 11 is 2.92. The first kappa shape index (κ1) is 23.1. The lowest BCUT2D eigenvalue weighted by atomic mass is 10.1. The fourth-order valence-corrected chi connectivity index (χ4v) is 4.18. The number of carbonyl (C=O) groups excluding carboxylic acids is 1. The number of amides is 1.